The third-order valence-corrected chi connectivity index (χ3v) is 5.08. The fourth-order valence-electron chi connectivity index (χ4n) is 2.40. The molecule has 26 heavy (non-hydrogen) atoms. The minimum atomic E-state index is -3.65. The number of amides is 1. The highest BCUT2D eigenvalue weighted by Crippen LogP contribution is 2.22. The van der Waals surface area contributed by atoms with Gasteiger partial charge in [-0.05, 0) is 43.3 Å². The summed E-state index contributed by atoms with van der Waals surface area (Å²) in [4.78, 5) is 12.4. The normalized spacial score (nSPS) is 12.3. The van der Waals surface area contributed by atoms with Gasteiger partial charge in [-0.1, -0.05) is 29.8 Å². The summed E-state index contributed by atoms with van der Waals surface area (Å²) in [5.41, 5.74) is 0.375. The molecule has 0 radical (unpaired) electrons. The van der Waals surface area contributed by atoms with Gasteiger partial charge in [0, 0.05) is 5.02 Å². The van der Waals surface area contributed by atoms with E-state index in [0.717, 1.165) is 10.6 Å². The molecule has 0 saturated heterocycles. The molecule has 2 rings (SSSR count). The summed E-state index contributed by atoms with van der Waals surface area (Å²) < 4.78 is 30.9. The van der Waals surface area contributed by atoms with E-state index < -0.39 is 22.0 Å². The topological polar surface area (TPSA) is 75.7 Å². The number of rotatable bonds is 8. The molecular formula is C18H21ClN2O4S. The fraction of sp³-hybridized carbons (Fsp3) is 0.278. The zero-order valence-corrected chi connectivity index (χ0v) is 16.1. The van der Waals surface area contributed by atoms with E-state index in [2.05, 4.69) is 5.32 Å². The van der Waals surface area contributed by atoms with Gasteiger partial charge in [-0.3, -0.25) is 9.10 Å². The van der Waals surface area contributed by atoms with Crippen LogP contribution in [0.4, 0.5) is 5.69 Å². The molecule has 0 bridgehead atoms. The van der Waals surface area contributed by atoms with Gasteiger partial charge in [-0.2, -0.15) is 0 Å². The van der Waals surface area contributed by atoms with Crippen molar-refractivity contribution in [1.29, 1.82) is 0 Å². The van der Waals surface area contributed by atoms with Crippen molar-refractivity contribution in [1.82, 2.24) is 5.32 Å². The van der Waals surface area contributed by atoms with E-state index in [9.17, 15) is 13.2 Å². The van der Waals surface area contributed by atoms with Crippen LogP contribution in [0.1, 0.15) is 6.92 Å². The van der Waals surface area contributed by atoms with Gasteiger partial charge >= 0.3 is 0 Å². The first-order valence-electron chi connectivity index (χ1n) is 7.99. The lowest BCUT2D eigenvalue weighted by molar-refractivity contribution is -0.121. The monoisotopic (exact) mass is 396 g/mol. The van der Waals surface area contributed by atoms with Gasteiger partial charge in [0.25, 0.3) is 0 Å². The van der Waals surface area contributed by atoms with E-state index in [1.807, 2.05) is 30.3 Å². The van der Waals surface area contributed by atoms with Gasteiger partial charge in [0.05, 0.1) is 18.5 Å². The molecule has 0 heterocycles. The van der Waals surface area contributed by atoms with Gasteiger partial charge in [0.1, 0.15) is 18.4 Å². The number of hydrogen-bond acceptors (Lipinski definition) is 4. The van der Waals surface area contributed by atoms with Crippen LogP contribution in [0.2, 0.25) is 5.02 Å². The first kappa shape index (κ1) is 20.1. The second-order valence-corrected chi connectivity index (χ2v) is 7.96. The van der Waals surface area contributed by atoms with Crippen LogP contribution in [-0.2, 0) is 14.8 Å². The Morgan fingerprint density at radius 1 is 1.15 bits per heavy atom. The van der Waals surface area contributed by atoms with Crippen LogP contribution < -0.4 is 14.4 Å². The SMILES string of the molecule is CC(C(=O)NCCOc1ccccc1)N(c1ccc(Cl)cc1)S(C)(=O)=O. The maximum absolute atomic E-state index is 12.4. The molecule has 1 unspecified atom stereocenters. The molecule has 140 valence electrons. The molecule has 6 nitrogen and oxygen atoms in total. The second kappa shape index (κ2) is 8.91. The van der Waals surface area contributed by atoms with E-state index in [4.69, 9.17) is 16.3 Å². The van der Waals surface area contributed by atoms with Crippen LogP contribution in [0.15, 0.2) is 54.6 Å². The Kier molecular flexibility index (Phi) is 6.88. The molecule has 1 atom stereocenters. The van der Waals surface area contributed by atoms with Crippen LogP contribution in [0.25, 0.3) is 0 Å². The number of benzene rings is 2. The molecule has 2 aromatic rings. The van der Waals surface area contributed by atoms with Gasteiger partial charge in [-0.15, -0.1) is 0 Å². The number of carbonyl (C=O) groups is 1. The number of sulfonamides is 1. The van der Waals surface area contributed by atoms with Gasteiger partial charge < -0.3 is 10.1 Å². The molecule has 0 aliphatic rings. The van der Waals surface area contributed by atoms with Crippen molar-refractivity contribution in [2.75, 3.05) is 23.7 Å². The summed E-state index contributed by atoms with van der Waals surface area (Å²) in [6, 6.07) is 14.6. The van der Waals surface area contributed by atoms with Crippen LogP contribution >= 0.6 is 11.6 Å². The lowest BCUT2D eigenvalue weighted by Gasteiger charge is -2.28. The minimum Gasteiger partial charge on any atom is -0.492 e. The third-order valence-electron chi connectivity index (χ3n) is 3.58. The molecule has 0 aliphatic carbocycles. The maximum Gasteiger partial charge on any atom is 0.243 e. The lowest BCUT2D eigenvalue weighted by Crippen LogP contribution is -2.48. The summed E-state index contributed by atoms with van der Waals surface area (Å²) in [5.74, 6) is 0.288. The predicted molar refractivity (Wildman–Crippen MR) is 103 cm³/mol. The number of nitrogens with zero attached hydrogens (tertiary/aromatic N) is 1. The molecule has 0 aromatic heterocycles. The average molecular weight is 397 g/mol. The summed E-state index contributed by atoms with van der Waals surface area (Å²) >= 11 is 5.85. The summed E-state index contributed by atoms with van der Waals surface area (Å²) in [5, 5.41) is 3.17. The first-order chi connectivity index (χ1) is 12.3. The highest BCUT2D eigenvalue weighted by Gasteiger charge is 2.28. The molecule has 2 aromatic carbocycles. The Morgan fingerprint density at radius 2 is 1.77 bits per heavy atom. The zero-order chi connectivity index (χ0) is 19.2. The highest BCUT2D eigenvalue weighted by atomic mass is 35.5. The van der Waals surface area contributed by atoms with Crippen LogP contribution in [0.5, 0.6) is 5.75 Å². The number of anilines is 1. The third kappa shape index (κ3) is 5.64. The zero-order valence-electron chi connectivity index (χ0n) is 14.6. The molecular weight excluding hydrogens is 376 g/mol. The average Bonchev–Trinajstić information content (AvgIpc) is 2.60. The number of nitrogens with one attached hydrogen (secondary N) is 1. The van der Waals surface area contributed by atoms with E-state index in [1.54, 1.807) is 24.3 Å². The quantitative estimate of drug-likeness (QED) is 0.696. The van der Waals surface area contributed by atoms with Crippen molar-refractivity contribution in [2.24, 2.45) is 0 Å². The maximum atomic E-state index is 12.4. The first-order valence-corrected chi connectivity index (χ1v) is 10.2. The van der Waals surface area contributed by atoms with Gasteiger partial charge in [0.15, 0.2) is 0 Å². The molecule has 0 aliphatic heterocycles. The van der Waals surface area contributed by atoms with Crippen molar-refractivity contribution in [2.45, 2.75) is 13.0 Å². The van der Waals surface area contributed by atoms with E-state index >= 15 is 0 Å². The van der Waals surface area contributed by atoms with Gasteiger partial charge in [-0.25, -0.2) is 8.42 Å². The standard InChI is InChI=1S/C18H21ClN2O4S/c1-14(18(22)20-12-13-25-17-6-4-3-5-7-17)21(26(2,23)24)16-10-8-15(19)9-11-16/h3-11,14H,12-13H2,1-2H3,(H,20,22). The molecule has 1 amide bonds. The summed E-state index contributed by atoms with van der Waals surface area (Å²) in [6.07, 6.45) is 1.06. The van der Waals surface area contributed by atoms with E-state index in [-0.39, 0.29) is 13.2 Å². The summed E-state index contributed by atoms with van der Waals surface area (Å²) in [6.45, 7) is 2.07. The molecule has 1 N–H and O–H groups in total. The number of para-hydroxylation sites is 1. The van der Waals surface area contributed by atoms with E-state index in [1.165, 1.54) is 6.92 Å². The van der Waals surface area contributed by atoms with Crippen molar-refractivity contribution >= 4 is 33.2 Å². The van der Waals surface area contributed by atoms with Crippen molar-refractivity contribution in [3.8, 4) is 5.75 Å². The number of carbonyl (C=O) groups excluding carboxylic acids is 1. The molecule has 0 saturated carbocycles. The Hall–Kier alpha value is -2.25. The minimum absolute atomic E-state index is 0.260. The largest absolute Gasteiger partial charge is 0.492 e. The predicted octanol–water partition coefficient (Wildman–Crippen LogP) is 2.69. The van der Waals surface area contributed by atoms with Gasteiger partial charge in [0.2, 0.25) is 15.9 Å². The van der Waals surface area contributed by atoms with Crippen molar-refractivity contribution in [3.63, 3.8) is 0 Å². The van der Waals surface area contributed by atoms with Crippen LogP contribution in [-0.4, -0.2) is 39.8 Å². The number of ether oxygens (including phenoxy) is 1. The Morgan fingerprint density at radius 3 is 2.35 bits per heavy atom. The van der Waals surface area contributed by atoms with Crippen LogP contribution in [0.3, 0.4) is 0 Å². The number of halogens is 1. The van der Waals surface area contributed by atoms with E-state index in [0.29, 0.717) is 16.5 Å². The van der Waals surface area contributed by atoms with Crippen LogP contribution in [0, 0.1) is 0 Å². The molecule has 0 spiro atoms. The van der Waals surface area contributed by atoms with Crippen molar-refractivity contribution < 1.29 is 17.9 Å². The highest BCUT2D eigenvalue weighted by molar-refractivity contribution is 7.92. The lowest BCUT2D eigenvalue weighted by atomic mass is 10.2. The van der Waals surface area contributed by atoms with Crippen molar-refractivity contribution in [3.05, 3.63) is 59.6 Å². The number of hydrogen-bond donors (Lipinski definition) is 1. The Balaban J connectivity index is 1.98. The molecule has 8 heteroatoms. The summed E-state index contributed by atoms with van der Waals surface area (Å²) in [7, 11) is -3.65. The molecule has 0 fully saturated rings. The fourth-order valence-corrected chi connectivity index (χ4v) is 3.71. The Labute approximate surface area is 158 Å². The second-order valence-electron chi connectivity index (χ2n) is 5.66. The smallest absolute Gasteiger partial charge is 0.243 e. The Bertz CT molecular complexity index is 826.